The van der Waals surface area contributed by atoms with Crippen LogP contribution in [-0.2, 0) is 9.59 Å². The summed E-state index contributed by atoms with van der Waals surface area (Å²) in [4.78, 5) is 35.9. The first-order valence-corrected chi connectivity index (χ1v) is 7.18. The van der Waals surface area contributed by atoms with E-state index in [1.54, 1.807) is 0 Å². The zero-order valence-electron chi connectivity index (χ0n) is 11.6. The monoisotopic (exact) mass is 282 g/mol. The van der Waals surface area contributed by atoms with Gasteiger partial charge in [0.05, 0.1) is 12.1 Å². The third-order valence-electron chi connectivity index (χ3n) is 3.98. The van der Waals surface area contributed by atoms with Gasteiger partial charge in [0.1, 0.15) is 0 Å². The SMILES string of the molecule is NC1(C(=O)NCCCN2C(=O)CNC2=O)CCCCC1. The number of carbonyl (C=O) groups is 3. The quantitative estimate of drug-likeness (QED) is 0.476. The fourth-order valence-electron chi connectivity index (χ4n) is 2.71. The summed E-state index contributed by atoms with van der Waals surface area (Å²) in [6, 6.07) is -0.357. The molecule has 0 atom stereocenters. The number of nitrogens with one attached hydrogen (secondary N) is 2. The van der Waals surface area contributed by atoms with Crippen LogP contribution in [-0.4, -0.2) is 47.9 Å². The van der Waals surface area contributed by atoms with E-state index in [-0.39, 0.29) is 24.4 Å². The van der Waals surface area contributed by atoms with Gasteiger partial charge in [0.15, 0.2) is 0 Å². The van der Waals surface area contributed by atoms with E-state index in [4.69, 9.17) is 5.73 Å². The molecule has 2 rings (SSSR count). The van der Waals surface area contributed by atoms with E-state index in [1.165, 1.54) is 4.90 Å². The molecule has 112 valence electrons. The van der Waals surface area contributed by atoms with Crippen LogP contribution in [0, 0.1) is 0 Å². The minimum absolute atomic E-state index is 0.0666. The van der Waals surface area contributed by atoms with Crippen LogP contribution in [0.25, 0.3) is 0 Å². The van der Waals surface area contributed by atoms with Gasteiger partial charge in [0, 0.05) is 13.1 Å². The first-order chi connectivity index (χ1) is 9.53. The summed E-state index contributed by atoms with van der Waals surface area (Å²) in [6.45, 7) is 0.814. The highest BCUT2D eigenvalue weighted by Gasteiger charge is 2.35. The van der Waals surface area contributed by atoms with E-state index in [9.17, 15) is 14.4 Å². The molecule has 20 heavy (non-hydrogen) atoms. The Labute approximate surface area is 118 Å². The van der Waals surface area contributed by atoms with Crippen molar-refractivity contribution in [3.05, 3.63) is 0 Å². The molecule has 1 aliphatic carbocycles. The van der Waals surface area contributed by atoms with Crippen LogP contribution in [0.4, 0.5) is 4.79 Å². The second kappa shape index (κ2) is 6.21. The second-order valence-electron chi connectivity index (χ2n) is 5.53. The molecule has 0 bridgehead atoms. The lowest BCUT2D eigenvalue weighted by molar-refractivity contribution is -0.127. The molecule has 0 unspecified atom stereocenters. The fourth-order valence-corrected chi connectivity index (χ4v) is 2.71. The lowest BCUT2D eigenvalue weighted by Gasteiger charge is -2.31. The lowest BCUT2D eigenvalue weighted by Crippen LogP contribution is -2.55. The topological polar surface area (TPSA) is 105 Å². The Balaban J connectivity index is 1.69. The van der Waals surface area contributed by atoms with Crippen LogP contribution in [0.3, 0.4) is 0 Å². The molecule has 4 N–H and O–H groups in total. The van der Waals surface area contributed by atoms with Crippen molar-refractivity contribution in [1.82, 2.24) is 15.5 Å². The van der Waals surface area contributed by atoms with E-state index in [0.717, 1.165) is 32.1 Å². The maximum Gasteiger partial charge on any atom is 0.324 e. The van der Waals surface area contributed by atoms with Gasteiger partial charge in [-0.2, -0.15) is 0 Å². The lowest BCUT2D eigenvalue weighted by atomic mass is 9.82. The van der Waals surface area contributed by atoms with Crippen molar-refractivity contribution in [1.29, 1.82) is 0 Å². The third kappa shape index (κ3) is 3.27. The molecule has 7 nitrogen and oxygen atoms in total. The van der Waals surface area contributed by atoms with Crippen LogP contribution in [0.1, 0.15) is 38.5 Å². The molecule has 1 aliphatic heterocycles. The molecule has 0 radical (unpaired) electrons. The Bertz CT molecular complexity index is 388. The summed E-state index contributed by atoms with van der Waals surface area (Å²) in [5, 5.41) is 5.27. The van der Waals surface area contributed by atoms with Crippen molar-refractivity contribution in [2.75, 3.05) is 19.6 Å². The van der Waals surface area contributed by atoms with E-state index >= 15 is 0 Å². The molecular formula is C13H22N4O3. The summed E-state index contributed by atoms with van der Waals surface area (Å²) >= 11 is 0. The normalized spacial score (nSPS) is 21.8. The number of rotatable bonds is 5. The van der Waals surface area contributed by atoms with Gasteiger partial charge in [-0.1, -0.05) is 19.3 Å². The summed E-state index contributed by atoms with van der Waals surface area (Å²) < 4.78 is 0. The molecule has 0 aromatic rings. The van der Waals surface area contributed by atoms with E-state index in [0.29, 0.717) is 19.5 Å². The van der Waals surface area contributed by atoms with E-state index < -0.39 is 5.54 Å². The van der Waals surface area contributed by atoms with Crippen LogP contribution >= 0.6 is 0 Å². The third-order valence-corrected chi connectivity index (χ3v) is 3.98. The first kappa shape index (κ1) is 14.8. The number of hydrogen-bond donors (Lipinski definition) is 3. The number of hydrogen-bond acceptors (Lipinski definition) is 4. The average Bonchev–Trinajstić information content (AvgIpc) is 2.75. The summed E-state index contributed by atoms with van der Waals surface area (Å²) in [6.07, 6.45) is 5.12. The highest BCUT2D eigenvalue weighted by atomic mass is 16.2. The van der Waals surface area contributed by atoms with Gasteiger partial charge in [-0.25, -0.2) is 4.79 Å². The maximum absolute atomic E-state index is 12.0. The summed E-state index contributed by atoms with van der Waals surface area (Å²) in [7, 11) is 0. The van der Waals surface area contributed by atoms with Gasteiger partial charge in [0.25, 0.3) is 0 Å². The number of carbonyl (C=O) groups excluding carboxylic acids is 3. The number of imide groups is 1. The van der Waals surface area contributed by atoms with Crippen molar-refractivity contribution >= 4 is 17.8 Å². The predicted octanol–water partition coefficient (Wildman–Crippen LogP) is -0.294. The van der Waals surface area contributed by atoms with Gasteiger partial charge in [0.2, 0.25) is 11.8 Å². The zero-order chi connectivity index (χ0) is 14.6. The Morgan fingerprint density at radius 3 is 2.60 bits per heavy atom. The maximum atomic E-state index is 12.0. The van der Waals surface area contributed by atoms with Gasteiger partial charge >= 0.3 is 6.03 Å². The Kier molecular flexibility index (Phi) is 4.59. The van der Waals surface area contributed by atoms with Crippen LogP contribution in [0.2, 0.25) is 0 Å². The van der Waals surface area contributed by atoms with Crippen LogP contribution in [0.15, 0.2) is 0 Å². The molecule has 0 aromatic carbocycles. The molecule has 7 heteroatoms. The van der Waals surface area contributed by atoms with Gasteiger partial charge in [-0.05, 0) is 19.3 Å². The second-order valence-corrected chi connectivity index (χ2v) is 5.53. The van der Waals surface area contributed by atoms with Crippen molar-refractivity contribution in [2.24, 2.45) is 5.73 Å². The van der Waals surface area contributed by atoms with Crippen molar-refractivity contribution in [2.45, 2.75) is 44.1 Å². The summed E-state index contributed by atoms with van der Waals surface area (Å²) in [5.74, 6) is -0.335. The number of urea groups is 1. The largest absolute Gasteiger partial charge is 0.354 e. The highest BCUT2D eigenvalue weighted by molar-refractivity contribution is 6.01. The smallest absolute Gasteiger partial charge is 0.324 e. The Hall–Kier alpha value is -1.63. The zero-order valence-corrected chi connectivity index (χ0v) is 11.6. The molecular weight excluding hydrogens is 260 g/mol. The van der Waals surface area contributed by atoms with Gasteiger partial charge < -0.3 is 16.4 Å². The van der Waals surface area contributed by atoms with Crippen molar-refractivity contribution in [3.63, 3.8) is 0 Å². The average molecular weight is 282 g/mol. The van der Waals surface area contributed by atoms with Crippen LogP contribution < -0.4 is 16.4 Å². The standard InChI is InChI=1S/C13H22N4O3/c14-13(5-2-1-3-6-13)11(19)15-7-4-8-17-10(18)9-16-12(17)20/h1-9,14H2,(H,15,19)(H,16,20). The van der Waals surface area contributed by atoms with Crippen molar-refractivity contribution in [3.8, 4) is 0 Å². The van der Waals surface area contributed by atoms with Gasteiger partial charge in [-0.3, -0.25) is 14.5 Å². The minimum atomic E-state index is -0.737. The van der Waals surface area contributed by atoms with E-state index in [2.05, 4.69) is 10.6 Å². The van der Waals surface area contributed by atoms with E-state index in [1.807, 2.05) is 0 Å². The molecule has 1 saturated heterocycles. The molecule has 4 amide bonds. The first-order valence-electron chi connectivity index (χ1n) is 7.18. The number of nitrogens with two attached hydrogens (primary N) is 1. The predicted molar refractivity (Wildman–Crippen MR) is 72.7 cm³/mol. The number of amides is 4. The minimum Gasteiger partial charge on any atom is -0.354 e. The van der Waals surface area contributed by atoms with Crippen molar-refractivity contribution < 1.29 is 14.4 Å². The molecule has 2 fully saturated rings. The van der Waals surface area contributed by atoms with Gasteiger partial charge in [-0.15, -0.1) is 0 Å². The Morgan fingerprint density at radius 1 is 1.30 bits per heavy atom. The Morgan fingerprint density at radius 2 is 2.00 bits per heavy atom. The fraction of sp³-hybridized carbons (Fsp3) is 0.769. The molecule has 1 heterocycles. The highest BCUT2D eigenvalue weighted by Crippen LogP contribution is 2.25. The molecule has 0 spiro atoms. The molecule has 1 saturated carbocycles. The molecule has 2 aliphatic rings. The number of nitrogens with zero attached hydrogens (tertiary/aromatic N) is 1. The van der Waals surface area contributed by atoms with Crippen LogP contribution in [0.5, 0.6) is 0 Å². The summed E-state index contributed by atoms with van der Waals surface area (Å²) in [5.41, 5.74) is 5.37. The molecule has 0 aromatic heterocycles.